The summed E-state index contributed by atoms with van der Waals surface area (Å²) in [6, 6.07) is 9.07. The highest BCUT2D eigenvalue weighted by atomic mass is 16.5. The summed E-state index contributed by atoms with van der Waals surface area (Å²) >= 11 is 0. The van der Waals surface area contributed by atoms with E-state index >= 15 is 0 Å². The summed E-state index contributed by atoms with van der Waals surface area (Å²) in [5.41, 5.74) is 0.790. The van der Waals surface area contributed by atoms with Crippen molar-refractivity contribution in [2.24, 2.45) is 0 Å². The van der Waals surface area contributed by atoms with Crippen LogP contribution in [0.4, 0.5) is 0 Å². The molecule has 0 saturated carbocycles. The fraction of sp³-hybridized carbons (Fsp3) is 0.357. The molecule has 96 valence electrons. The van der Waals surface area contributed by atoms with Crippen LogP contribution in [-0.2, 0) is 9.53 Å². The van der Waals surface area contributed by atoms with Crippen LogP contribution in [0.2, 0.25) is 0 Å². The van der Waals surface area contributed by atoms with Crippen molar-refractivity contribution in [3.8, 4) is 11.8 Å². The minimum atomic E-state index is -0.366. The summed E-state index contributed by atoms with van der Waals surface area (Å²) in [6.07, 6.45) is 0.451. The van der Waals surface area contributed by atoms with E-state index in [1.165, 1.54) is 0 Å². The van der Waals surface area contributed by atoms with Crippen molar-refractivity contribution in [1.82, 2.24) is 5.32 Å². The minimum absolute atomic E-state index is 0.000417. The zero-order valence-corrected chi connectivity index (χ0v) is 10.3. The maximum Gasteiger partial charge on any atom is 0.296 e. The average Bonchev–Trinajstić information content (AvgIpc) is 2.38. The number of aliphatic hydroxyl groups is 1. The smallest absolute Gasteiger partial charge is 0.296 e. The van der Waals surface area contributed by atoms with Crippen LogP contribution in [-0.4, -0.2) is 37.4 Å². The first-order valence-electron chi connectivity index (χ1n) is 5.73. The molecule has 4 heteroatoms. The molecule has 1 aromatic carbocycles. The topological polar surface area (TPSA) is 58.6 Å². The molecule has 0 aliphatic carbocycles. The molecule has 0 aromatic heterocycles. The molecule has 0 saturated heterocycles. The Bertz CT molecular complexity index is 414. The number of nitrogens with one attached hydrogen (secondary N) is 1. The first-order chi connectivity index (χ1) is 8.76. The lowest BCUT2D eigenvalue weighted by Crippen LogP contribution is -2.38. The van der Waals surface area contributed by atoms with Gasteiger partial charge in [-0.1, -0.05) is 24.1 Å². The molecule has 0 heterocycles. The van der Waals surface area contributed by atoms with Crippen LogP contribution >= 0.6 is 0 Å². The van der Waals surface area contributed by atoms with Crippen molar-refractivity contribution in [2.45, 2.75) is 12.5 Å². The van der Waals surface area contributed by atoms with Gasteiger partial charge in [0, 0.05) is 25.2 Å². The summed E-state index contributed by atoms with van der Waals surface area (Å²) in [6.45, 7) is 0.361. The van der Waals surface area contributed by atoms with Gasteiger partial charge >= 0.3 is 0 Å². The Balaban J connectivity index is 2.52. The van der Waals surface area contributed by atoms with E-state index < -0.39 is 0 Å². The lowest BCUT2D eigenvalue weighted by molar-refractivity contribution is -0.116. The Labute approximate surface area is 107 Å². The minimum Gasteiger partial charge on any atom is -0.396 e. The van der Waals surface area contributed by atoms with Gasteiger partial charge in [-0.2, -0.15) is 0 Å². The highest BCUT2D eigenvalue weighted by molar-refractivity contribution is 5.94. The van der Waals surface area contributed by atoms with Crippen LogP contribution in [0.1, 0.15) is 12.0 Å². The van der Waals surface area contributed by atoms with Gasteiger partial charge in [0.2, 0.25) is 0 Å². The maximum atomic E-state index is 11.6. The monoisotopic (exact) mass is 247 g/mol. The molecule has 1 aromatic rings. The molecular formula is C14H17NO3. The number of aliphatic hydroxyl groups excluding tert-OH is 1. The fourth-order valence-corrected chi connectivity index (χ4v) is 1.43. The molecule has 0 bridgehead atoms. The number of methoxy groups -OCH3 is 1. The van der Waals surface area contributed by atoms with Crippen LogP contribution in [0.15, 0.2) is 30.3 Å². The Kier molecular flexibility index (Phi) is 6.55. The largest absolute Gasteiger partial charge is 0.396 e. The fourth-order valence-electron chi connectivity index (χ4n) is 1.43. The number of carbonyl (C=O) groups is 1. The van der Waals surface area contributed by atoms with Gasteiger partial charge in [-0.05, 0) is 18.6 Å². The number of carbonyl (C=O) groups excluding carboxylic acids is 1. The third-order valence-corrected chi connectivity index (χ3v) is 2.27. The molecular weight excluding hydrogens is 230 g/mol. The second-order valence-corrected chi connectivity index (χ2v) is 3.75. The van der Waals surface area contributed by atoms with Crippen molar-refractivity contribution in [3.05, 3.63) is 35.9 Å². The van der Waals surface area contributed by atoms with E-state index in [1.807, 2.05) is 30.3 Å². The molecule has 0 radical (unpaired) electrons. The van der Waals surface area contributed by atoms with Crippen LogP contribution in [0.3, 0.4) is 0 Å². The quantitative estimate of drug-likeness (QED) is 0.747. The van der Waals surface area contributed by atoms with Crippen LogP contribution in [0.5, 0.6) is 0 Å². The van der Waals surface area contributed by atoms with Gasteiger partial charge in [-0.3, -0.25) is 4.79 Å². The summed E-state index contributed by atoms with van der Waals surface area (Å²) in [4.78, 5) is 11.6. The maximum absolute atomic E-state index is 11.6. The highest BCUT2D eigenvalue weighted by Crippen LogP contribution is 1.95. The van der Waals surface area contributed by atoms with Gasteiger partial charge in [0.25, 0.3) is 5.91 Å². The van der Waals surface area contributed by atoms with Crippen molar-refractivity contribution in [2.75, 3.05) is 20.3 Å². The Morgan fingerprint density at radius 2 is 2.17 bits per heavy atom. The van der Waals surface area contributed by atoms with Gasteiger partial charge in [-0.15, -0.1) is 0 Å². The lowest BCUT2D eigenvalue weighted by Gasteiger charge is -2.14. The first-order valence-corrected chi connectivity index (χ1v) is 5.73. The molecule has 18 heavy (non-hydrogen) atoms. The number of amides is 1. The zero-order chi connectivity index (χ0) is 13.2. The van der Waals surface area contributed by atoms with E-state index in [1.54, 1.807) is 7.11 Å². The predicted octanol–water partition coefficient (Wildman–Crippen LogP) is 0.552. The highest BCUT2D eigenvalue weighted by Gasteiger charge is 2.09. The van der Waals surface area contributed by atoms with Crippen molar-refractivity contribution >= 4 is 5.91 Å². The Morgan fingerprint density at radius 3 is 2.78 bits per heavy atom. The van der Waals surface area contributed by atoms with Gasteiger partial charge in [0.15, 0.2) is 0 Å². The van der Waals surface area contributed by atoms with Crippen LogP contribution < -0.4 is 5.32 Å². The summed E-state index contributed by atoms with van der Waals surface area (Å²) < 4.78 is 4.95. The second kappa shape index (κ2) is 8.29. The molecule has 0 spiro atoms. The molecule has 1 atom stereocenters. The summed E-state index contributed by atoms with van der Waals surface area (Å²) in [7, 11) is 1.55. The van der Waals surface area contributed by atoms with E-state index in [2.05, 4.69) is 17.2 Å². The number of hydrogen-bond donors (Lipinski definition) is 2. The standard InChI is InChI=1S/C14H17NO3/c1-18-11-13(9-10-16)15-14(17)8-7-12-5-3-2-4-6-12/h2-6,13,16H,9-11H2,1H3,(H,15,17). The number of rotatable bonds is 5. The number of benzene rings is 1. The Morgan fingerprint density at radius 1 is 1.44 bits per heavy atom. The van der Waals surface area contributed by atoms with Crippen LogP contribution in [0.25, 0.3) is 0 Å². The second-order valence-electron chi connectivity index (χ2n) is 3.75. The van der Waals surface area contributed by atoms with E-state index in [0.717, 1.165) is 5.56 Å². The van der Waals surface area contributed by atoms with Gasteiger partial charge in [0.1, 0.15) is 0 Å². The molecule has 1 rings (SSSR count). The van der Waals surface area contributed by atoms with E-state index in [4.69, 9.17) is 9.84 Å². The normalized spacial score (nSPS) is 11.2. The van der Waals surface area contributed by atoms with Gasteiger partial charge < -0.3 is 15.2 Å². The number of hydrogen-bond acceptors (Lipinski definition) is 3. The molecule has 0 fully saturated rings. The molecule has 1 amide bonds. The third-order valence-electron chi connectivity index (χ3n) is 2.27. The first kappa shape index (κ1) is 14.2. The van der Waals surface area contributed by atoms with Crippen LogP contribution in [0, 0.1) is 11.8 Å². The zero-order valence-electron chi connectivity index (χ0n) is 10.3. The third kappa shape index (κ3) is 5.48. The molecule has 0 aliphatic heterocycles. The van der Waals surface area contributed by atoms with E-state index in [-0.39, 0.29) is 18.6 Å². The van der Waals surface area contributed by atoms with E-state index in [9.17, 15) is 4.79 Å². The predicted molar refractivity (Wildman–Crippen MR) is 68.8 cm³/mol. The van der Waals surface area contributed by atoms with Gasteiger partial charge in [-0.25, -0.2) is 0 Å². The van der Waals surface area contributed by atoms with Gasteiger partial charge in [0.05, 0.1) is 12.6 Å². The lowest BCUT2D eigenvalue weighted by atomic mass is 10.2. The molecule has 1 unspecified atom stereocenters. The molecule has 0 aliphatic rings. The SMILES string of the molecule is COCC(CCO)NC(=O)C#Cc1ccccc1. The van der Waals surface area contributed by atoms with E-state index in [0.29, 0.717) is 13.0 Å². The average molecular weight is 247 g/mol. The summed E-state index contributed by atoms with van der Waals surface area (Å²) in [5, 5.41) is 11.5. The van der Waals surface area contributed by atoms with Crippen molar-refractivity contribution in [3.63, 3.8) is 0 Å². The molecule has 4 nitrogen and oxygen atoms in total. The van der Waals surface area contributed by atoms with Crippen molar-refractivity contribution in [1.29, 1.82) is 0 Å². The number of ether oxygens (including phenoxy) is 1. The summed E-state index contributed by atoms with van der Waals surface area (Å²) in [5.74, 6) is 4.91. The Hall–Kier alpha value is -1.83. The molecule has 2 N–H and O–H groups in total. The van der Waals surface area contributed by atoms with Crippen molar-refractivity contribution < 1.29 is 14.6 Å².